The minimum Gasteiger partial charge on any atom is -0.356 e. The lowest BCUT2D eigenvalue weighted by Crippen LogP contribution is -2.61. The number of fused-ring (bicyclic) bond motifs is 4. The van der Waals surface area contributed by atoms with E-state index in [1.54, 1.807) is 0 Å². The molecular weight excluding hydrogens is 356 g/mol. The number of carbonyl (C=O) groups excluding carboxylic acids is 1. The quantitative estimate of drug-likeness (QED) is 0.692. The summed E-state index contributed by atoms with van der Waals surface area (Å²) in [7, 11) is 0. The van der Waals surface area contributed by atoms with Gasteiger partial charge < -0.3 is 5.32 Å². The van der Waals surface area contributed by atoms with Crippen molar-refractivity contribution in [1.82, 2.24) is 4.90 Å². The molecule has 2 aliphatic carbocycles. The number of Topliss-reactive ketones (excluding diaryl/α,β-unsaturated/α-hetero) is 1. The molecule has 5 rings (SSSR count). The second-order valence-corrected chi connectivity index (χ2v) is 8.95. The second kappa shape index (κ2) is 7.95. The van der Waals surface area contributed by atoms with E-state index in [0.717, 1.165) is 42.4 Å². The lowest BCUT2D eigenvalue weighted by Gasteiger charge is -2.53. The first-order valence-corrected chi connectivity index (χ1v) is 11.3. The number of carbonyl (C=O) groups is 1. The van der Waals surface area contributed by atoms with Crippen molar-refractivity contribution in [2.75, 3.05) is 18.4 Å². The highest BCUT2D eigenvalue weighted by molar-refractivity contribution is 6.04. The van der Waals surface area contributed by atoms with E-state index in [4.69, 9.17) is 0 Å². The first-order valence-electron chi connectivity index (χ1n) is 11.3. The summed E-state index contributed by atoms with van der Waals surface area (Å²) in [4.78, 5) is 15.9. The zero-order valence-corrected chi connectivity index (χ0v) is 18.2. The lowest BCUT2D eigenvalue weighted by molar-refractivity contribution is 0.0266. The zero-order chi connectivity index (χ0) is 20.6. The van der Waals surface area contributed by atoms with Crippen molar-refractivity contribution in [3.05, 3.63) is 59.7 Å². The highest BCUT2D eigenvalue weighted by Gasteiger charge is 2.52. The molecule has 29 heavy (non-hydrogen) atoms. The lowest BCUT2D eigenvalue weighted by atomic mass is 9.58. The molecule has 1 aliphatic heterocycles. The fourth-order valence-electron chi connectivity index (χ4n) is 5.17. The van der Waals surface area contributed by atoms with Gasteiger partial charge in [-0.15, -0.1) is 0 Å². The topological polar surface area (TPSA) is 32.3 Å². The predicted molar refractivity (Wildman–Crippen MR) is 121 cm³/mol. The molecule has 2 bridgehead atoms. The van der Waals surface area contributed by atoms with E-state index >= 15 is 0 Å². The fraction of sp³-hybridized carbons (Fsp3) is 0.500. The number of hydrogen-bond acceptors (Lipinski definition) is 3. The molecule has 0 amide bonds. The average Bonchev–Trinajstić information content (AvgIpc) is 3.56. The third kappa shape index (κ3) is 3.61. The number of benzene rings is 2. The van der Waals surface area contributed by atoms with Gasteiger partial charge in [-0.1, -0.05) is 45.9 Å². The van der Waals surface area contributed by atoms with Gasteiger partial charge in [0.25, 0.3) is 0 Å². The van der Waals surface area contributed by atoms with Crippen molar-refractivity contribution in [3.8, 4) is 0 Å². The summed E-state index contributed by atoms with van der Waals surface area (Å²) < 4.78 is 0. The van der Waals surface area contributed by atoms with E-state index in [2.05, 4.69) is 54.4 Å². The third-order valence-corrected chi connectivity index (χ3v) is 7.21. The van der Waals surface area contributed by atoms with Crippen molar-refractivity contribution in [2.45, 2.75) is 58.4 Å². The van der Waals surface area contributed by atoms with Crippen LogP contribution in [0.1, 0.15) is 62.9 Å². The Labute approximate surface area is 175 Å². The minimum absolute atomic E-state index is 0.0600. The van der Waals surface area contributed by atoms with Crippen LogP contribution in [0.15, 0.2) is 48.5 Å². The van der Waals surface area contributed by atoms with Gasteiger partial charge >= 0.3 is 0 Å². The van der Waals surface area contributed by atoms with E-state index in [9.17, 15) is 4.79 Å². The number of likely N-dealkylation sites (tertiary alicyclic amines) is 1. The van der Waals surface area contributed by atoms with Crippen LogP contribution in [0.25, 0.3) is 0 Å². The van der Waals surface area contributed by atoms with Gasteiger partial charge in [-0.2, -0.15) is 0 Å². The average molecular weight is 391 g/mol. The molecule has 154 valence electrons. The molecule has 0 aromatic heterocycles. The van der Waals surface area contributed by atoms with Crippen LogP contribution in [0.2, 0.25) is 0 Å². The summed E-state index contributed by atoms with van der Waals surface area (Å²) in [6, 6.07) is 16.6. The summed E-state index contributed by atoms with van der Waals surface area (Å²) >= 11 is 0. The number of anilines is 2. The summed E-state index contributed by atoms with van der Waals surface area (Å²) in [6.45, 7) is 10.8. The van der Waals surface area contributed by atoms with E-state index in [0.29, 0.717) is 11.7 Å². The molecule has 2 fully saturated rings. The van der Waals surface area contributed by atoms with Crippen molar-refractivity contribution in [3.63, 3.8) is 0 Å². The molecule has 0 radical (unpaired) electrons. The predicted octanol–water partition coefficient (Wildman–Crippen LogP) is 6.03. The number of rotatable bonds is 4. The molecule has 3 nitrogen and oxygen atoms in total. The number of nitrogens with zero attached hydrogens (tertiary/aromatic N) is 1. The number of nitrogens with one attached hydrogen (secondary N) is 1. The molecule has 2 aromatic carbocycles. The highest BCUT2D eigenvalue weighted by Crippen LogP contribution is 2.50. The van der Waals surface area contributed by atoms with Gasteiger partial charge in [0.05, 0.1) is 6.04 Å². The van der Waals surface area contributed by atoms with Gasteiger partial charge in [0.15, 0.2) is 5.78 Å². The molecule has 3 atom stereocenters. The Morgan fingerprint density at radius 2 is 1.79 bits per heavy atom. The first-order chi connectivity index (χ1) is 14.1. The van der Waals surface area contributed by atoms with Gasteiger partial charge in [0.1, 0.15) is 0 Å². The summed E-state index contributed by atoms with van der Waals surface area (Å²) in [6.07, 6.45) is 3.81. The monoisotopic (exact) mass is 390 g/mol. The van der Waals surface area contributed by atoms with Gasteiger partial charge in [0, 0.05) is 23.5 Å². The van der Waals surface area contributed by atoms with E-state index < -0.39 is 0 Å². The Hall–Kier alpha value is -2.13. The fourth-order valence-corrected chi connectivity index (χ4v) is 5.17. The molecule has 1 saturated heterocycles. The van der Waals surface area contributed by atoms with Crippen LogP contribution in [0.5, 0.6) is 0 Å². The molecule has 1 saturated carbocycles. The highest BCUT2D eigenvalue weighted by atomic mass is 16.1. The third-order valence-electron chi connectivity index (χ3n) is 7.21. The zero-order valence-electron chi connectivity index (χ0n) is 18.2. The Bertz CT molecular complexity index is 874. The molecule has 1 heterocycles. The Morgan fingerprint density at radius 3 is 2.48 bits per heavy atom. The van der Waals surface area contributed by atoms with E-state index in [1.165, 1.54) is 18.4 Å². The molecule has 1 N–H and O–H groups in total. The second-order valence-electron chi connectivity index (χ2n) is 8.95. The maximum absolute atomic E-state index is 13.4. The first kappa shape index (κ1) is 20.2. The van der Waals surface area contributed by atoms with Gasteiger partial charge in [0.2, 0.25) is 0 Å². The molecule has 2 aromatic rings. The van der Waals surface area contributed by atoms with Gasteiger partial charge in [-0.3, -0.25) is 9.69 Å². The molecule has 0 unspecified atom stereocenters. The number of hydrogen-bond donors (Lipinski definition) is 1. The summed E-state index contributed by atoms with van der Waals surface area (Å²) in [5, 5.41) is 3.50. The van der Waals surface area contributed by atoms with Crippen LogP contribution in [0.3, 0.4) is 0 Å². The maximum atomic E-state index is 13.4. The molecule has 0 spiro atoms. The van der Waals surface area contributed by atoms with Crippen LogP contribution in [0.4, 0.5) is 11.4 Å². The number of para-hydroxylation sites is 1. The molecule has 3 aliphatic rings. The molecular formula is C26H34N2O. The maximum Gasteiger partial charge on any atom is 0.180 e. The normalized spacial score (nSPS) is 28.2. The van der Waals surface area contributed by atoms with Crippen molar-refractivity contribution >= 4 is 17.2 Å². The van der Waals surface area contributed by atoms with E-state index in [-0.39, 0.29) is 11.5 Å². The van der Waals surface area contributed by atoms with Crippen LogP contribution in [-0.2, 0) is 5.41 Å². The Balaban J connectivity index is 0.000000994. The largest absolute Gasteiger partial charge is 0.356 e. The van der Waals surface area contributed by atoms with Crippen LogP contribution >= 0.6 is 0 Å². The van der Waals surface area contributed by atoms with Crippen molar-refractivity contribution in [2.24, 2.45) is 11.8 Å². The smallest absolute Gasteiger partial charge is 0.180 e. The minimum atomic E-state index is 0.0600. The standard InChI is InChI=1S/C24H28N2O.C2H6/c1-16-22-23(27)20-11-10-19(25-18-6-4-3-5-7-18)14-21(20)24(16,2)12-13-26(22)15-17-8-9-17;1-2/h3-7,10-11,14,16-17,22,25H,8-9,12-13,15H2,1-2H3;1-2H3/t16-,22-,24-;/m0./s1. The Kier molecular flexibility index (Phi) is 5.52. The molecule has 3 heteroatoms. The van der Waals surface area contributed by atoms with Gasteiger partial charge in [-0.05, 0) is 79.0 Å². The summed E-state index contributed by atoms with van der Waals surface area (Å²) in [5.74, 6) is 1.52. The van der Waals surface area contributed by atoms with Crippen molar-refractivity contribution in [1.29, 1.82) is 0 Å². The number of ketones is 1. The number of piperidine rings is 1. The summed E-state index contributed by atoms with van der Waals surface area (Å²) in [5.41, 5.74) is 4.40. The Morgan fingerprint density at radius 1 is 1.07 bits per heavy atom. The van der Waals surface area contributed by atoms with Crippen molar-refractivity contribution < 1.29 is 4.79 Å². The van der Waals surface area contributed by atoms with Gasteiger partial charge in [-0.25, -0.2) is 0 Å². The van der Waals surface area contributed by atoms with Crippen LogP contribution in [0, 0.1) is 11.8 Å². The SMILES string of the molecule is CC.C[C@H]1[C@H]2C(=O)c3ccc(Nc4ccccc4)cc3[C@@]1(C)CCN2CC1CC1. The van der Waals surface area contributed by atoms with E-state index in [1.807, 2.05) is 32.0 Å². The van der Waals surface area contributed by atoms with Crippen LogP contribution in [-0.4, -0.2) is 29.8 Å². The van der Waals surface area contributed by atoms with Crippen LogP contribution < -0.4 is 5.32 Å².